The Balaban J connectivity index is 1.29. The quantitative estimate of drug-likeness (QED) is 0.652. The van der Waals surface area contributed by atoms with Gasteiger partial charge < -0.3 is 9.47 Å². The molecule has 0 aliphatic carbocycles. The normalized spacial score (nSPS) is 20.5. The van der Waals surface area contributed by atoms with Crippen molar-refractivity contribution in [3.63, 3.8) is 0 Å². The number of thiazole rings is 1. The molecule has 28 heavy (non-hydrogen) atoms. The van der Waals surface area contributed by atoms with Gasteiger partial charge in [-0.3, -0.25) is 9.59 Å². The van der Waals surface area contributed by atoms with Gasteiger partial charge in [0.2, 0.25) is 5.91 Å². The molecule has 1 saturated heterocycles. The molecule has 1 amide bonds. The van der Waals surface area contributed by atoms with Crippen molar-refractivity contribution in [1.29, 1.82) is 0 Å². The Kier molecular flexibility index (Phi) is 4.27. The molecule has 0 bridgehead atoms. The maximum atomic E-state index is 13.4. The van der Waals surface area contributed by atoms with Crippen molar-refractivity contribution in [2.75, 3.05) is 13.1 Å². The van der Waals surface area contributed by atoms with Crippen LogP contribution >= 0.6 is 11.3 Å². The van der Waals surface area contributed by atoms with Crippen LogP contribution in [0.3, 0.4) is 0 Å². The molecule has 1 aromatic carbocycles. The maximum absolute atomic E-state index is 13.4. The number of hydrogen-bond acceptors (Lipinski definition) is 4. The lowest BCUT2D eigenvalue weighted by atomic mass is 9.95. The average Bonchev–Trinajstić information content (AvgIpc) is 3.35. The SMILES string of the molecule is O=C1CCC(C(=O)N2CCC(c3nc4cc(F)ccc4s3)CC2)n2cccc21. The number of nitrogens with zero attached hydrogens (tertiary/aromatic N) is 3. The largest absolute Gasteiger partial charge is 0.341 e. The highest BCUT2D eigenvalue weighted by Crippen LogP contribution is 2.35. The lowest BCUT2D eigenvalue weighted by molar-refractivity contribution is -0.136. The highest BCUT2D eigenvalue weighted by molar-refractivity contribution is 7.18. The van der Waals surface area contributed by atoms with Crippen LogP contribution in [0.15, 0.2) is 36.5 Å². The molecule has 3 aromatic rings. The lowest BCUT2D eigenvalue weighted by Crippen LogP contribution is -2.43. The van der Waals surface area contributed by atoms with E-state index in [1.807, 2.05) is 21.7 Å². The van der Waals surface area contributed by atoms with E-state index in [9.17, 15) is 14.0 Å². The lowest BCUT2D eigenvalue weighted by Gasteiger charge is -2.35. The number of Topliss-reactive ketones (excluding diaryl/α,β-unsaturated/α-hetero) is 1. The average molecular weight is 397 g/mol. The fourth-order valence-electron chi connectivity index (χ4n) is 4.33. The van der Waals surface area contributed by atoms with Gasteiger partial charge in [0.05, 0.1) is 20.9 Å². The van der Waals surface area contributed by atoms with Crippen molar-refractivity contribution in [2.45, 2.75) is 37.6 Å². The van der Waals surface area contributed by atoms with Crippen LogP contribution in [0.5, 0.6) is 0 Å². The second-order valence-corrected chi connectivity index (χ2v) is 8.60. The molecule has 0 N–H and O–H groups in total. The Morgan fingerprint density at radius 3 is 2.82 bits per heavy atom. The third kappa shape index (κ3) is 2.94. The molecule has 2 aliphatic rings. The number of amides is 1. The van der Waals surface area contributed by atoms with Crippen LogP contribution in [0.25, 0.3) is 10.2 Å². The van der Waals surface area contributed by atoms with Gasteiger partial charge in [-0.05, 0) is 43.5 Å². The summed E-state index contributed by atoms with van der Waals surface area (Å²) in [5, 5.41) is 1.03. The van der Waals surface area contributed by atoms with E-state index >= 15 is 0 Å². The number of aromatic nitrogens is 2. The van der Waals surface area contributed by atoms with Gasteiger partial charge in [-0.2, -0.15) is 0 Å². The minimum atomic E-state index is -0.273. The zero-order valence-corrected chi connectivity index (χ0v) is 16.1. The van der Waals surface area contributed by atoms with Gasteiger partial charge in [-0.15, -0.1) is 11.3 Å². The molecule has 7 heteroatoms. The molecule has 144 valence electrons. The number of likely N-dealkylation sites (tertiary alicyclic amines) is 1. The van der Waals surface area contributed by atoms with E-state index in [0.29, 0.717) is 43.1 Å². The highest BCUT2D eigenvalue weighted by atomic mass is 32.1. The highest BCUT2D eigenvalue weighted by Gasteiger charge is 2.34. The Morgan fingerprint density at radius 2 is 2.00 bits per heavy atom. The second-order valence-electron chi connectivity index (χ2n) is 7.54. The predicted octanol–water partition coefficient (Wildman–Crippen LogP) is 4.16. The second kappa shape index (κ2) is 6.81. The van der Waals surface area contributed by atoms with E-state index < -0.39 is 0 Å². The number of rotatable bonds is 2. The molecule has 2 aromatic heterocycles. The number of benzene rings is 1. The number of piperidine rings is 1. The summed E-state index contributed by atoms with van der Waals surface area (Å²) in [6.07, 6.45) is 4.56. The topological polar surface area (TPSA) is 55.2 Å². The van der Waals surface area contributed by atoms with E-state index in [4.69, 9.17) is 0 Å². The van der Waals surface area contributed by atoms with Gasteiger partial charge in [0.1, 0.15) is 11.9 Å². The summed E-state index contributed by atoms with van der Waals surface area (Å²) in [6.45, 7) is 1.38. The fourth-order valence-corrected chi connectivity index (χ4v) is 5.45. The molecule has 1 fully saturated rings. The Bertz CT molecular complexity index is 1060. The van der Waals surface area contributed by atoms with Crippen molar-refractivity contribution in [2.24, 2.45) is 0 Å². The van der Waals surface area contributed by atoms with Crippen LogP contribution in [-0.2, 0) is 4.79 Å². The molecular formula is C21H20FN3O2S. The van der Waals surface area contributed by atoms with Crippen LogP contribution < -0.4 is 0 Å². The molecule has 2 aliphatic heterocycles. The van der Waals surface area contributed by atoms with Crippen molar-refractivity contribution in [3.05, 3.63) is 53.0 Å². The zero-order valence-electron chi connectivity index (χ0n) is 15.3. The van der Waals surface area contributed by atoms with Crippen molar-refractivity contribution >= 4 is 33.2 Å². The van der Waals surface area contributed by atoms with Gasteiger partial charge in [-0.1, -0.05) is 0 Å². The van der Waals surface area contributed by atoms with Crippen molar-refractivity contribution < 1.29 is 14.0 Å². The summed E-state index contributed by atoms with van der Waals surface area (Å²) in [6, 6.07) is 8.09. The first-order chi connectivity index (χ1) is 13.6. The molecule has 0 radical (unpaired) electrons. The number of hydrogen-bond donors (Lipinski definition) is 0. The van der Waals surface area contributed by atoms with Gasteiger partial charge in [0, 0.05) is 37.7 Å². The summed E-state index contributed by atoms with van der Waals surface area (Å²) >= 11 is 1.62. The van der Waals surface area contributed by atoms with Crippen molar-refractivity contribution in [3.8, 4) is 0 Å². The summed E-state index contributed by atoms with van der Waals surface area (Å²) in [7, 11) is 0. The van der Waals surface area contributed by atoms with Crippen LogP contribution in [0.4, 0.5) is 4.39 Å². The number of halogens is 1. The van der Waals surface area contributed by atoms with Crippen LogP contribution in [0.2, 0.25) is 0 Å². The minimum Gasteiger partial charge on any atom is -0.341 e. The summed E-state index contributed by atoms with van der Waals surface area (Å²) in [5.41, 5.74) is 1.35. The van der Waals surface area contributed by atoms with Crippen LogP contribution in [0, 0.1) is 5.82 Å². The third-order valence-corrected chi connectivity index (χ3v) is 7.05. The van der Waals surface area contributed by atoms with E-state index in [1.165, 1.54) is 12.1 Å². The molecule has 1 atom stereocenters. The van der Waals surface area contributed by atoms with E-state index in [0.717, 1.165) is 22.5 Å². The number of fused-ring (bicyclic) bond motifs is 2. The standard InChI is InChI=1S/C21H20FN3O2S/c22-14-3-6-19-15(12-14)23-20(28-19)13-7-10-24(11-8-13)21(27)17-4-5-18(26)16-2-1-9-25(16)17/h1-3,6,9,12-13,17H,4-5,7-8,10-11H2. The van der Waals surface area contributed by atoms with Crippen molar-refractivity contribution in [1.82, 2.24) is 14.5 Å². The summed E-state index contributed by atoms with van der Waals surface area (Å²) in [5.74, 6) is 0.259. The molecular weight excluding hydrogens is 377 g/mol. The van der Waals surface area contributed by atoms with E-state index in [1.54, 1.807) is 23.5 Å². The Hall–Kier alpha value is -2.54. The monoisotopic (exact) mass is 397 g/mol. The summed E-state index contributed by atoms with van der Waals surface area (Å²) < 4.78 is 16.2. The number of ketones is 1. The molecule has 5 rings (SSSR count). The predicted molar refractivity (Wildman–Crippen MR) is 105 cm³/mol. The first-order valence-corrected chi connectivity index (χ1v) is 10.5. The van der Waals surface area contributed by atoms with Gasteiger partial charge in [0.15, 0.2) is 5.78 Å². The van der Waals surface area contributed by atoms with E-state index in [2.05, 4.69) is 4.98 Å². The van der Waals surface area contributed by atoms with Gasteiger partial charge >= 0.3 is 0 Å². The Morgan fingerprint density at radius 1 is 1.18 bits per heavy atom. The van der Waals surface area contributed by atoms with E-state index in [-0.39, 0.29) is 23.5 Å². The van der Waals surface area contributed by atoms with Gasteiger partial charge in [-0.25, -0.2) is 9.37 Å². The Labute approximate surface area is 165 Å². The molecule has 1 unspecified atom stereocenters. The van der Waals surface area contributed by atoms with Crippen LogP contribution in [0.1, 0.15) is 53.1 Å². The summed E-state index contributed by atoms with van der Waals surface area (Å²) in [4.78, 5) is 31.6. The smallest absolute Gasteiger partial charge is 0.245 e. The minimum absolute atomic E-state index is 0.106. The first kappa shape index (κ1) is 17.6. The molecule has 5 nitrogen and oxygen atoms in total. The first-order valence-electron chi connectivity index (χ1n) is 9.65. The van der Waals surface area contributed by atoms with Gasteiger partial charge in [0.25, 0.3) is 0 Å². The zero-order chi connectivity index (χ0) is 19.3. The fraction of sp³-hybridized carbons (Fsp3) is 0.381. The van der Waals surface area contributed by atoms with Crippen LogP contribution in [-0.4, -0.2) is 39.2 Å². The number of carbonyl (C=O) groups is 2. The third-order valence-electron chi connectivity index (χ3n) is 5.85. The molecule has 0 saturated carbocycles. The molecule has 4 heterocycles. The molecule has 0 spiro atoms. The number of carbonyl (C=O) groups excluding carboxylic acids is 2. The maximum Gasteiger partial charge on any atom is 0.245 e.